The maximum absolute atomic E-state index is 12.4. The number of nitrogens with one attached hydrogen (secondary N) is 1. The third-order valence-electron chi connectivity index (χ3n) is 4.24. The molecule has 2 rings (SSSR count). The Morgan fingerprint density at radius 3 is 2.26 bits per heavy atom. The summed E-state index contributed by atoms with van der Waals surface area (Å²) in [6.07, 6.45) is 0. The Bertz CT molecular complexity index is 844. The molecule has 0 atom stereocenters. The first-order chi connectivity index (χ1) is 12.7. The van der Waals surface area contributed by atoms with Gasteiger partial charge in [0.2, 0.25) is 11.8 Å². The van der Waals surface area contributed by atoms with Crippen molar-refractivity contribution >= 4 is 45.2 Å². The molecule has 0 heterocycles. The highest BCUT2D eigenvalue weighted by atomic mass is 79.9. The molecule has 0 saturated heterocycles. The Hall–Kier alpha value is -1.79. The fourth-order valence-electron chi connectivity index (χ4n) is 2.88. The highest BCUT2D eigenvalue weighted by molar-refractivity contribution is 9.10. The molecule has 0 fully saturated rings. The van der Waals surface area contributed by atoms with Gasteiger partial charge in [-0.05, 0) is 62.6 Å². The quantitative estimate of drug-likeness (QED) is 0.640. The second-order valence-electron chi connectivity index (χ2n) is 6.77. The van der Waals surface area contributed by atoms with E-state index in [9.17, 15) is 9.59 Å². The van der Waals surface area contributed by atoms with Crippen LogP contribution in [0.5, 0.6) is 0 Å². The van der Waals surface area contributed by atoms with Gasteiger partial charge in [0.1, 0.15) is 0 Å². The third-order valence-corrected chi connectivity index (χ3v) is 5.89. The number of nitrogens with zero attached hydrogens (tertiary/aromatic N) is 1. The summed E-state index contributed by atoms with van der Waals surface area (Å²) in [5.74, 6) is 0.0371. The van der Waals surface area contributed by atoms with Crippen molar-refractivity contribution in [3.8, 4) is 0 Å². The van der Waals surface area contributed by atoms with E-state index in [1.807, 2.05) is 58.0 Å². The van der Waals surface area contributed by atoms with Gasteiger partial charge in [0.05, 0.1) is 12.3 Å². The second-order valence-corrected chi connectivity index (χ2v) is 8.70. The van der Waals surface area contributed by atoms with E-state index in [1.54, 1.807) is 7.05 Å². The van der Waals surface area contributed by atoms with Crippen molar-refractivity contribution < 1.29 is 9.59 Å². The molecular formula is C21H25BrN2O2S. The lowest BCUT2D eigenvalue weighted by molar-refractivity contribution is -0.131. The molecule has 0 spiro atoms. The smallest absolute Gasteiger partial charge is 0.243 e. The van der Waals surface area contributed by atoms with Crippen LogP contribution >= 0.6 is 27.7 Å². The number of hydrogen-bond donors (Lipinski definition) is 1. The van der Waals surface area contributed by atoms with Crippen LogP contribution in [-0.4, -0.2) is 36.1 Å². The number of likely N-dealkylation sites (N-methyl/N-ethyl adjacent to an activating group) is 1. The summed E-state index contributed by atoms with van der Waals surface area (Å²) < 4.78 is 1.02. The summed E-state index contributed by atoms with van der Waals surface area (Å²) in [5, 5.41) is 2.94. The van der Waals surface area contributed by atoms with Crippen LogP contribution in [0.25, 0.3) is 0 Å². The van der Waals surface area contributed by atoms with Crippen molar-refractivity contribution in [1.29, 1.82) is 0 Å². The number of rotatable bonds is 6. The summed E-state index contributed by atoms with van der Waals surface area (Å²) in [6, 6.07) is 10.1. The fourth-order valence-corrected chi connectivity index (χ4v) is 4.31. The molecule has 0 bridgehead atoms. The molecule has 0 saturated carbocycles. The maximum Gasteiger partial charge on any atom is 0.243 e. The first-order valence-corrected chi connectivity index (χ1v) is 10.5. The molecule has 0 radical (unpaired) electrons. The highest BCUT2D eigenvalue weighted by Gasteiger charge is 2.15. The Labute approximate surface area is 173 Å². The van der Waals surface area contributed by atoms with E-state index >= 15 is 0 Å². The van der Waals surface area contributed by atoms with E-state index in [0.717, 1.165) is 37.3 Å². The average molecular weight is 449 g/mol. The minimum Gasteiger partial charge on any atom is -0.336 e. The molecule has 6 heteroatoms. The van der Waals surface area contributed by atoms with Gasteiger partial charge in [-0.15, -0.1) is 11.8 Å². The lowest BCUT2D eigenvalue weighted by atomic mass is 10.1. The summed E-state index contributed by atoms with van der Waals surface area (Å²) >= 11 is 4.92. The molecule has 0 aliphatic heterocycles. The van der Waals surface area contributed by atoms with Crippen LogP contribution < -0.4 is 5.32 Å². The molecule has 0 aliphatic rings. The summed E-state index contributed by atoms with van der Waals surface area (Å²) in [7, 11) is 1.66. The average Bonchev–Trinajstić information content (AvgIpc) is 2.57. The number of benzene rings is 2. The van der Waals surface area contributed by atoms with Gasteiger partial charge in [-0.3, -0.25) is 9.59 Å². The van der Waals surface area contributed by atoms with Gasteiger partial charge in [-0.2, -0.15) is 0 Å². The molecule has 2 amide bonds. The van der Waals surface area contributed by atoms with Crippen LogP contribution in [-0.2, 0) is 9.59 Å². The summed E-state index contributed by atoms with van der Waals surface area (Å²) in [5.41, 5.74) is 5.15. The number of thioether (sulfide) groups is 1. The van der Waals surface area contributed by atoms with E-state index in [-0.39, 0.29) is 18.4 Å². The van der Waals surface area contributed by atoms with Crippen molar-refractivity contribution in [2.45, 2.75) is 32.6 Å². The van der Waals surface area contributed by atoms with E-state index in [2.05, 4.69) is 21.2 Å². The van der Waals surface area contributed by atoms with Crippen LogP contribution in [0.2, 0.25) is 0 Å². The van der Waals surface area contributed by atoms with Gasteiger partial charge in [-0.1, -0.05) is 33.6 Å². The first kappa shape index (κ1) is 21.5. The molecule has 27 heavy (non-hydrogen) atoms. The second kappa shape index (κ2) is 9.42. The van der Waals surface area contributed by atoms with Gasteiger partial charge in [0.15, 0.2) is 0 Å². The SMILES string of the molecule is Cc1cc(C)c(NC(=O)CN(C)C(=O)CSc2ccc(Br)cc2C)c(C)c1. The number of amides is 2. The molecule has 0 aliphatic carbocycles. The summed E-state index contributed by atoms with van der Waals surface area (Å²) in [4.78, 5) is 27.3. The van der Waals surface area contributed by atoms with Gasteiger partial charge in [0.25, 0.3) is 0 Å². The van der Waals surface area contributed by atoms with Crippen LogP contribution in [0.4, 0.5) is 5.69 Å². The lowest BCUT2D eigenvalue weighted by Crippen LogP contribution is -2.36. The van der Waals surface area contributed by atoms with Gasteiger partial charge >= 0.3 is 0 Å². The Morgan fingerprint density at radius 1 is 1.04 bits per heavy atom. The highest BCUT2D eigenvalue weighted by Crippen LogP contribution is 2.25. The number of carbonyl (C=O) groups excluding carboxylic acids is 2. The van der Waals surface area contributed by atoms with Gasteiger partial charge in [0, 0.05) is 22.1 Å². The van der Waals surface area contributed by atoms with E-state index in [4.69, 9.17) is 0 Å². The predicted octanol–water partition coefficient (Wildman–Crippen LogP) is 4.87. The topological polar surface area (TPSA) is 49.4 Å². The molecule has 2 aromatic carbocycles. The molecule has 1 N–H and O–H groups in total. The number of carbonyl (C=O) groups is 2. The maximum atomic E-state index is 12.4. The minimum atomic E-state index is -0.189. The largest absolute Gasteiger partial charge is 0.336 e. The van der Waals surface area contributed by atoms with E-state index in [1.165, 1.54) is 16.7 Å². The van der Waals surface area contributed by atoms with E-state index < -0.39 is 0 Å². The van der Waals surface area contributed by atoms with Crippen LogP contribution in [0.3, 0.4) is 0 Å². The normalized spacial score (nSPS) is 10.6. The van der Waals surface area contributed by atoms with E-state index in [0.29, 0.717) is 5.75 Å². The predicted molar refractivity (Wildman–Crippen MR) is 117 cm³/mol. The van der Waals surface area contributed by atoms with Crippen LogP contribution in [0.1, 0.15) is 22.3 Å². The Balaban J connectivity index is 1.91. The van der Waals surface area contributed by atoms with Crippen molar-refractivity contribution in [2.24, 2.45) is 0 Å². The van der Waals surface area contributed by atoms with Gasteiger partial charge in [-0.25, -0.2) is 0 Å². The summed E-state index contributed by atoms with van der Waals surface area (Å²) in [6.45, 7) is 8.03. The molecular weight excluding hydrogens is 424 g/mol. The molecule has 0 aromatic heterocycles. The minimum absolute atomic E-state index is 0.0332. The number of halogens is 1. The molecule has 144 valence electrons. The Kier molecular flexibility index (Phi) is 7.50. The number of aryl methyl sites for hydroxylation is 4. The van der Waals surface area contributed by atoms with Gasteiger partial charge < -0.3 is 10.2 Å². The van der Waals surface area contributed by atoms with Crippen molar-refractivity contribution in [3.05, 3.63) is 57.1 Å². The molecule has 4 nitrogen and oxygen atoms in total. The van der Waals surface area contributed by atoms with Crippen LogP contribution in [0, 0.1) is 27.7 Å². The van der Waals surface area contributed by atoms with Crippen LogP contribution in [0.15, 0.2) is 39.7 Å². The molecule has 2 aromatic rings. The third kappa shape index (κ3) is 6.11. The number of anilines is 1. The number of hydrogen-bond acceptors (Lipinski definition) is 3. The fraction of sp³-hybridized carbons (Fsp3) is 0.333. The first-order valence-electron chi connectivity index (χ1n) is 8.68. The zero-order valence-electron chi connectivity index (χ0n) is 16.4. The van der Waals surface area contributed by atoms with Crippen molar-refractivity contribution in [2.75, 3.05) is 24.7 Å². The van der Waals surface area contributed by atoms with Crippen molar-refractivity contribution in [1.82, 2.24) is 4.90 Å². The van der Waals surface area contributed by atoms with Crippen molar-refractivity contribution in [3.63, 3.8) is 0 Å². The zero-order chi connectivity index (χ0) is 20.1. The lowest BCUT2D eigenvalue weighted by Gasteiger charge is -2.18. The zero-order valence-corrected chi connectivity index (χ0v) is 18.8. The molecule has 0 unspecified atom stereocenters. The monoisotopic (exact) mass is 448 g/mol. The standard InChI is InChI=1S/C21H25BrN2O2S/c1-13-8-15(3)21(16(4)9-13)23-19(25)11-24(5)20(26)12-27-18-7-6-17(22)10-14(18)2/h6-10H,11-12H2,1-5H3,(H,23,25). The Morgan fingerprint density at radius 2 is 1.67 bits per heavy atom.